The van der Waals surface area contributed by atoms with Crippen LogP contribution in [-0.4, -0.2) is 5.11 Å². The van der Waals surface area contributed by atoms with Crippen molar-refractivity contribution in [1.29, 1.82) is 0 Å². The summed E-state index contributed by atoms with van der Waals surface area (Å²) < 4.78 is 0. The predicted molar refractivity (Wildman–Crippen MR) is 68.8 cm³/mol. The minimum atomic E-state index is -0.396. The molecule has 0 fully saturated rings. The molecular weight excluding hydrogens is 220 g/mol. The van der Waals surface area contributed by atoms with Gasteiger partial charge < -0.3 is 5.11 Å². The van der Waals surface area contributed by atoms with Gasteiger partial charge in [0.05, 0.1) is 6.10 Å². The summed E-state index contributed by atoms with van der Waals surface area (Å²) in [5, 5.41) is 12.9. The summed E-state index contributed by atoms with van der Waals surface area (Å²) >= 11 is 6.13. The lowest BCUT2D eigenvalue weighted by Crippen LogP contribution is -1.97. The molecule has 0 bridgehead atoms. The molecule has 16 heavy (non-hydrogen) atoms. The fourth-order valence-electron chi connectivity index (χ4n) is 2.02. The number of rotatable bonds is 3. The first-order valence-corrected chi connectivity index (χ1v) is 5.97. The van der Waals surface area contributed by atoms with E-state index in [4.69, 9.17) is 11.6 Å². The van der Waals surface area contributed by atoms with Crippen molar-refractivity contribution in [3.8, 4) is 0 Å². The second-order valence-electron chi connectivity index (χ2n) is 3.99. The first-order valence-electron chi connectivity index (χ1n) is 5.59. The van der Waals surface area contributed by atoms with E-state index in [2.05, 4.69) is 6.92 Å². The van der Waals surface area contributed by atoms with Crippen LogP contribution in [0.15, 0.2) is 36.4 Å². The zero-order chi connectivity index (χ0) is 11.5. The number of hydrogen-bond donors (Lipinski definition) is 1. The Morgan fingerprint density at radius 2 is 1.81 bits per heavy atom. The molecule has 1 atom stereocenters. The van der Waals surface area contributed by atoms with Crippen molar-refractivity contribution in [2.75, 3.05) is 0 Å². The largest absolute Gasteiger partial charge is 0.388 e. The summed E-state index contributed by atoms with van der Waals surface area (Å²) in [7, 11) is 0. The summed E-state index contributed by atoms with van der Waals surface area (Å²) in [6, 6.07) is 11.7. The summed E-state index contributed by atoms with van der Waals surface area (Å²) in [6.45, 7) is 2.07. The van der Waals surface area contributed by atoms with E-state index in [9.17, 15) is 5.11 Å². The summed E-state index contributed by atoms with van der Waals surface area (Å²) in [6.07, 6.45) is 1.36. The predicted octanol–water partition coefficient (Wildman–Crippen LogP) is 4.33. The van der Waals surface area contributed by atoms with Gasteiger partial charge in [-0.3, -0.25) is 0 Å². The van der Waals surface area contributed by atoms with E-state index < -0.39 is 6.10 Å². The highest BCUT2D eigenvalue weighted by Crippen LogP contribution is 2.30. The summed E-state index contributed by atoms with van der Waals surface area (Å²) in [5.41, 5.74) is 0.974. The van der Waals surface area contributed by atoms with Crippen LogP contribution in [0.5, 0.6) is 0 Å². The number of hydrogen-bond acceptors (Lipinski definition) is 1. The lowest BCUT2D eigenvalue weighted by molar-refractivity contribution is 0.168. The fraction of sp³-hybridized carbons (Fsp3) is 0.286. The van der Waals surface area contributed by atoms with E-state index in [-0.39, 0.29) is 0 Å². The van der Waals surface area contributed by atoms with Crippen molar-refractivity contribution in [3.05, 3.63) is 47.0 Å². The van der Waals surface area contributed by atoms with Crippen LogP contribution in [0.3, 0.4) is 0 Å². The third kappa shape index (κ3) is 2.06. The average molecular weight is 235 g/mol. The Balaban J connectivity index is 2.58. The lowest BCUT2D eigenvalue weighted by Gasteiger charge is -2.13. The van der Waals surface area contributed by atoms with E-state index in [1.807, 2.05) is 36.4 Å². The number of aliphatic hydroxyl groups excluding tert-OH is 1. The molecule has 1 N–H and O–H groups in total. The molecule has 1 nitrogen and oxygen atoms in total. The van der Waals surface area contributed by atoms with Gasteiger partial charge in [0.25, 0.3) is 0 Å². The van der Waals surface area contributed by atoms with E-state index in [1.165, 1.54) is 0 Å². The minimum absolute atomic E-state index is 0.396. The molecule has 0 saturated carbocycles. The van der Waals surface area contributed by atoms with Crippen molar-refractivity contribution < 1.29 is 5.11 Å². The molecule has 84 valence electrons. The van der Waals surface area contributed by atoms with Gasteiger partial charge in [-0.1, -0.05) is 55.3 Å². The van der Waals surface area contributed by atoms with Gasteiger partial charge in [-0.2, -0.15) is 0 Å². The maximum absolute atomic E-state index is 10.1. The molecule has 1 unspecified atom stereocenters. The van der Waals surface area contributed by atoms with E-state index >= 15 is 0 Å². The Hall–Kier alpha value is -1.05. The number of fused-ring (bicyclic) bond motifs is 1. The van der Waals surface area contributed by atoms with Crippen LogP contribution < -0.4 is 0 Å². The van der Waals surface area contributed by atoms with E-state index in [0.29, 0.717) is 0 Å². The van der Waals surface area contributed by atoms with Crippen LogP contribution >= 0.6 is 11.6 Å². The monoisotopic (exact) mass is 234 g/mol. The molecule has 2 rings (SSSR count). The highest BCUT2D eigenvalue weighted by molar-refractivity contribution is 6.35. The quantitative estimate of drug-likeness (QED) is 0.838. The van der Waals surface area contributed by atoms with Gasteiger partial charge in [-0.15, -0.1) is 0 Å². The van der Waals surface area contributed by atoms with Crippen molar-refractivity contribution in [1.82, 2.24) is 0 Å². The highest BCUT2D eigenvalue weighted by atomic mass is 35.5. The minimum Gasteiger partial charge on any atom is -0.388 e. The number of aliphatic hydroxyl groups is 1. The number of benzene rings is 2. The Morgan fingerprint density at radius 3 is 2.56 bits per heavy atom. The van der Waals surface area contributed by atoms with Crippen LogP contribution in [0.1, 0.15) is 31.4 Å². The third-order valence-electron chi connectivity index (χ3n) is 2.82. The summed E-state index contributed by atoms with van der Waals surface area (Å²) in [5.74, 6) is 0. The molecule has 0 aliphatic heterocycles. The first kappa shape index (κ1) is 11.4. The van der Waals surface area contributed by atoms with Gasteiger partial charge in [0, 0.05) is 10.4 Å². The van der Waals surface area contributed by atoms with E-state index in [0.717, 1.165) is 34.2 Å². The Bertz CT molecular complexity index is 493. The first-order chi connectivity index (χ1) is 7.74. The van der Waals surface area contributed by atoms with Crippen LogP contribution in [-0.2, 0) is 0 Å². The fourth-order valence-corrected chi connectivity index (χ4v) is 2.25. The van der Waals surface area contributed by atoms with Gasteiger partial charge in [0.1, 0.15) is 0 Å². The molecule has 0 radical (unpaired) electrons. The van der Waals surface area contributed by atoms with Gasteiger partial charge in [0.15, 0.2) is 0 Å². The van der Waals surface area contributed by atoms with Crippen molar-refractivity contribution in [3.63, 3.8) is 0 Å². The second kappa shape index (κ2) is 4.86. The Morgan fingerprint density at radius 1 is 1.12 bits per heavy atom. The standard InChI is InChI=1S/C14H15ClO/c1-2-5-14(16)12-8-3-7-11-10(12)6-4-9-13(11)15/h3-4,6-9,14,16H,2,5H2,1H3. The normalized spacial score (nSPS) is 12.9. The van der Waals surface area contributed by atoms with Crippen LogP contribution in [0.25, 0.3) is 10.8 Å². The van der Waals surface area contributed by atoms with Crippen molar-refractivity contribution >= 4 is 22.4 Å². The van der Waals surface area contributed by atoms with E-state index in [1.54, 1.807) is 0 Å². The molecule has 0 aliphatic rings. The van der Waals surface area contributed by atoms with Crippen LogP contribution in [0, 0.1) is 0 Å². The Kier molecular flexibility index (Phi) is 3.47. The molecule has 0 heterocycles. The molecule has 0 aromatic heterocycles. The zero-order valence-corrected chi connectivity index (χ0v) is 10.0. The Labute approximate surface area is 101 Å². The molecule has 2 aromatic carbocycles. The van der Waals surface area contributed by atoms with Gasteiger partial charge in [0.2, 0.25) is 0 Å². The summed E-state index contributed by atoms with van der Waals surface area (Å²) in [4.78, 5) is 0. The highest BCUT2D eigenvalue weighted by Gasteiger charge is 2.10. The number of halogens is 1. The van der Waals surface area contributed by atoms with Crippen LogP contribution in [0.2, 0.25) is 5.02 Å². The smallest absolute Gasteiger partial charge is 0.0796 e. The molecule has 0 saturated heterocycles. The van der Waals surface area contributed by atoms with Gasteiger partial charge in [-0.05, 0) is 23.4 Å². The molecule has 0 aliphatic carbocycles. The average Bonchev–Trinajstić information content (AvgIpc) is 2.29. The second-order valence-corrected chi connectivity index (χ2v) is 4.39. The zero-order valence-electron chi connectivity index (χ0n) is 9.28. The van der Waals surface area contributed by atoms with Crippen molar-refractivity contribution in [2.45, 2.75) is 25.9 Å². The van der Waals surface area contributed by atoms with Crippen LogP contribution in [0.4, 0.5) is 0 Å². The van der Waals surface area contributed by atoms with Crippen molar-refractivity contribution in [2.24, 2.45) is 0 Å². The molecule has 0 amide bonds. The maximum atomic E-state index is 10.1. The third-order valence-corrected chi connectivity index (χ3v) is 3.15. The van der Waals surface area contributed by atoms with Gasteiger partial charge in [-0.25, -0.2) is 0 Å². The molecule has 2 aromatic rings. The molecule has 0 spiro atoms. The molecular formula is C14H15ClO. The van der Waals surface area contributed by atoms with Gasteiger partial charge >= 0.3 is 0 Å². The topological polar surface area (TPSA) is 20.2 Å². The maximum Gasteiger partial charge on any atom is 0.0796 e. The lowest BCUT2D eigenvalue weighted by atomic mass is 9.98. The SMILES string of the molecule is CCCC(O)c1cccc2c(Cl)cccc12. The molecule has 2 heteroatoms.